The molecule has 0 saturated heterocycles. The first-order valence-electron chi connectivity index (χ1n) is 6.88. The number of rotatable bonds is 3. The standard InChI is InChI=1S/C18H16BrNO/c1-12(13-6-2-3-9-16(13)19)20-17-10-4-8-15-14(17)7-5-11-18(15)21/h2-12,20-21H,1H3. The van der Waals surface area contributed by atoms with Crippen LogP contribution in [0.25, 0.3) is 10.8 Å². The molecule has 3 aromatic carbocycles. The quantitative estimate of drug-likeness (QED) is 0.660. The third kappa shape index (κ3) is 2.74. The molecule has 0 radical (unpaired) electrons. The minimum absolute atomic E-state index is 0.161. The van der Waals surface area contributed by atoms with E-state index in [2.05, 4.69) is 34.2 Å². The second kappa shape index (κ2) is 5.78. The molecule has 0 bridgehead atoms. The fourth-order valence-corrected chi connectivity index (χ4v) is 3.18. The molecule has 21 heavy (non-hydrogen) atoms. The SMILES string of the molecule is CC(Nc1cccc2c(O)cccc12)c1ccccc1Br. The molecule has 0 spiro atoms. The normalized spacial score (nSPS) is 12.3. The Morgan fingerprint density at radius 3 is 2.43 bits per heavy atom. The Hall–Kier alpha value is -2.00. The van der Waals surface area contributed by atoms with Gasteiger partial charge >= 0.3 is 0 Å². The minimum Gasteiger partial charge on any atom is -0.507 e. The Bertz CT molecular complexity index is 785. The van der Waals surface area contributed by atoms with Gasteiger partial charge in [0.1, 0.15) is 5.75 Å². The summed E-state index contributed by atoms with van der Waals surface area (Å²) < 4.78 is 1.09. The first kappa shape index (κ1) is 14.0. The molecular formula is C18H16BrNO. The van der Waals surface area contributed by atoms with Gasteiger partial charge in [-0.2, -0.15) is 0 Å². The van der Waals surface area contributed by atoms with Crippen molar-refractivity contribution in [3.05, 3.63) is 70.7 Å². The van der Waals surface area contributed by atoms with Crippen molar-refractivity contribution in [1.29, 1.82) is 0 Å². The summed E-state index contributed by atoms with van der Waals surface area (Å²) in [6.07, 6.45) is 0. The van der Waals surface area contributed by atoms with Gasteiger partial charge in [-0.15, -0.1) is 0 Å². The molecule has 0 heterocycles. The fourth-order valence-electron chi connectivity index (χ4n) is 2.56. The number of nitrogens with one attached hydrogen (secondary N) is 1. The average molecular weight is 342 g/mol. The van der Waals surface area contributed by atoms with Crippen LogP contribution in [0.3, 0.4) is 0 Å². The molecule has 0 saturated carbocycles. The van der Waals surface area contributed by atoms with Crippen molar-refractivity contribution in [3.8, 4) is 5.75 Å². The van der Waals surface area contributed by atoms with Gasteiger partial charge in [0, 0.05) is 27.0 Å². The van der Waals surface area contributed by atoms with E-state index in [1.54, 1.807) is 6.07 Å². The van der Waals surface area contributed by atoms with E-state index in [0.29, 0.717) is 5.75 Å². The smallest absolute Gasteiger partial charge is 0.123 e. The average Bonchev–Trinajstić information content (AvgIpc) is 2.49. The molecule has 2 N–H and O–H groups in total. The highest BCUT2D eigenvalue weighted by molar-refractivity contribution is 9.10. The van der Waals surface area contributed by atoms with Crippen LogP contribution in [-0.2, 0) is 0 Å². The third-order valence-electron chi connectivity index (χ3n) is 3.64. The number of aromatic hydroxyl groups is 1. The maximum absolute atomic E-state index is 9.96. The lowest BCUT2D eigenvalue weighted by Gasteiger charge is -2.18. The molecule has 0 amide bonds. The van der Waals surface area contributed by atoms with Gasteiger partial charge in [0.25, 0.3) is 0 Å². The Morgan fingerprint density at radius 1 is 0.905 bits per heavy atom. The van der Waals surface area contributed by atoms with Crippen LogP contribution in [-0.4, -0.2) is 5.11 Å². The highest BCUT2D eigenvalue weighted by Crippen LogP contribution is 2.33. The summed E-state index contributed by atoms with van der Waals surface area (Å²) in [7, 11) is 0. The highest BCUT2D eigenvalue weighted by atomic mass is 79.9. The lowest BCUT2D eigenvalue weighted by molar-refractivity contribution is 0.481. The zero-order chi connectivity index (χ0) is 14.8. The molecule has 0 aromatic heterocycles. The number of phenolic OH excluding ortho intramolecular Hbond substituents is 1. The summed E-state index contributed by atoms with van der Waals surface area (Å²) >= 11 is 3.59. The molecule has 0 aliphatic heterocycles. The molecule has 0 aliphatic rings. The van der Waals surface area contributed by atoms with Gasteiger partial charge in [-0.3, -0.25) is 0 Å². The van der Waals surface area contributed by atoms with E-state index in [1.165, 1.54) is 5.56 Å². The monoisotopic (exact) mass is 341 g/mol. The van der Waals surface area contributed by atoms with Crippen molar-refractivity contribution in [1.82, 2.24) is 0 Å². The molecule has 0 aliphatic carbocycles. The molecule has 0 fully saturated rings. The summed E-state index contributed by atoms with van der Waals surface area (Å²) in [5, 5.41) is 15.4. The van der Waals surface area contributed by atoms with Gasteiger partial charge in [0.15, 0.2) is 0 Å². The maximum Gasteiger partial charge on any atom is 0.123 e. The van der Waals surface area contributed by atoms with Crippen molar-refractivity contribution in [3.63, 3.8) is 0 Å². The zero-order valence-electron chi connectivity index (χ0n) is 11.7. The molecule has 1 unspecified atom stereocenters. The molecule has 1 atom stereocenters. The second-order valence-electron chi connectivity index (χ2n) is 5.07. The van der Waals surface area contributed by atoms with E-state index in [9.17, 15) is 5.11 Å². The summed E-state index contributed by atoms with van der Waals surface area (Å²) in [5.41, 5.74) is 2.22. The van der Waals surface area contributed by atoms with Crippen molar-refractivity contribution in [2.24, 2.45) is 0 Å². The Balaban J connectivity index is 1.99. The van der Waals surface area contributed by atoms with E-state index >= 15 is 0 Å². The number of hydrogen-bond donors (Lipinski definition) is 2. The van der Waals surface area contributed by atoms with Gasteiger partial charge in [0.2, 0.25) is 0 Å². The highest BCUT2D eigenvalue weighted by Gasteiger charge is 2.11. The number of anilines is 1. The summed E-state index contributed by atoms with van der Waals surface area (Å²) in [5.74, 6) is 0.310. The largest absolute Gasteiger partial charge is 0.507 e. The first-order valence-corrected chi connectivity index (χ1v) is 7.68. The Kier molecular flexibility index (Phi) is 3.84. The number of halogens is 1. The van der Waals surface area contributed by atoms with Gasteiger partial charge in [-0.1, -0.05) is 58.4 Å². The molecule has 3 aromatic rings. The first-order chi connectivity index (χ1) is 10.2. The van der Waals surface area contributed by atoms with Gasteiger partial charge in [-0.25, -0.2) is 0 Å². The van der Waals surface area contributed by atoms with Crippen molar-refractivity contribution in [2.45, 2.75) is 13.0 Å². The number of fused-ring (bicyclic) bond motifs is 1. The lowest BCUT2D eigenvalue weighted by Crippen LogP contribution is -2.07. The van der Waals surface area contributed by atoms with Crippen LogP contribution < -0.4 is 5.32 Å². The Labute approximate surface area is 132 Å². The predicted octanol–water partition coefficient (Wildman–Crippen LogP) is 5.48. The molecular weight excluding hydrogens is 326 g/mol. The lowest BCUT2D eigenvalue weighted by atomic mass is 10.1. The van der Waals surface area contributed by atoms with Crippen molar-refractivity contribution >= 4 is 32.4 Å². The van der Waals surface area contributed by atoms with Crippen molar-refractivity contribution in [2.75, 3.05) is 5.32 Å². The second-order valence-corrected chi connectivity index (χ2v) is 5.92. The maximum atomic E-state index is 9.96. The van der Waals surface area contributed by atoms with Crippen LogP contribution in [0.1, 0.15) is 18.5 Å². The van der Waals surface area contributed by atoms with Crippen LogP contribution in [0.4, 0.5) is 5.69 Å². The minimum atomic E-state index is 0.161. The van der Waals surface area contributed by atoms with Gasteiger partial charge in [0.05, 0.1) is 0 Å². The molecule has 2 nitrogen and oxygen atoms in total. The van der Waals surface area contributed by atoms with Gasteiger partial charge < -0.3 is 10.4 Å². The molecule has 106 valence electrons. The van der Waals surface area contributed by atoms with Crippen molar-refractivity contribution < 1.29 is 5.11 Å². The number of hydrogen-bond acceptors (Lipinski definition) is 2. The number of phenols is 1. The topological polar surface area (TPSA) is 32.3 Å². The summed E-state index contributed by atoms with van der Waals surface area (Å²) in [6.45, 7) is 2.13. The molecule has 3 heteroatoms. The van der Waals surface area contributed by atoms with Crippen LogP contribution >= 0.6 is 15.9 Å². The van der Waals surface area contributed by atoms with Crippen LogP contribution in [0, 0.1) is 0 Å². The third-order valence-corrected chi connectivity index (χ3v) is 4.36. The van der Waals surface area contributed by atoms with E-state index < -0.39 is 0 Å². The summed E-state index contributed by atoms with van der Waals surface area (Å²) in [4.78, 5) is 0. The van der Waals surface area contributed by atoms with Crippen LogP contribution in [0.5, 0.6) is 5.75 Å². The Morgan fingerprint density at radius 2 is 1.62 bits per heavy atom. The van der Waals surface area contributed by atoms with Gasteiger partial charge in [-0.05, 0) is 30.7 Å². The van der Waals surface area contributed by atoms with Crippen LogP contribution in [0.2, 0.25) is 0 Å². The number of benzene rings is 3. The predicted molar refractivity (Wildman–Crippen MR) is 91.8 cm³/mol. The fraction of sp³-hybridized carbons (Fsp3) is 0.111. The van der Waals surface area contributed by atoms with E-state index in [4.69, 9.17) is 0 Å². The zero-order valence-corrected chi connectivity index (χ0v) is 13.3. The van der Waals surface area contributed by atoms with E-state index in [0.717, 1.165) is 20.9 Å². The van der Waals surface area contributed by atoms with E-state index in [-0.39, 0.29) is 6.04 Å². The van der Waals surface area contributed by atoms with E-state index in [1.807, 2.05) is 48.5 Å². The van der Waals surface area contributed by atoms with Crippen LogP contribution in [0.15, 0.2) is 65.1 Å². The molecule has 3 rings (SSSR count). The summed E-state index contributed by atoms with van der Waals surface area (Å²) in [6, 6.07) is 19.9.